The van der Waals surface area contributed by atoms with Crippen molar-refractivity contribution >= 4 is 28.6 Å². The Morgan fingerprint density at radius 2 is 1.92 bits per heavy atom. The lowest BCUT2D eigenvalue weighted by Crippen LogP contribution is -2.40. The minimum Gasteiger partial charge on any atom is -0.480 e. The summed E-state index contributed by atoms with van der Waals surface area (Å²) >= 11 is 0. The van der Waals surface area contributed by atoms with E-state index in [1.165, 1.54) is 30.0 Å². The van der Waals surface area contributed by atoms with Gasteiger partial charge in [0.05, 0.1) is 11.7 Å². The van der Waals surface area contributed by atoms with Crippen molar-refractivity contribution in [3.05, 3.63) is 53.3 Å². The Balaban J connectivity index is 1.18. The number of pyridine rings is 1. The van der Waals surface area contributed by atoms with E-state index in [9.17, 15) is 23.5 Å². The number of halogens is 2. The van der Waals surface area contributed by atoms with Gasteiger partial charge in [0.1, 0.15) is 11.9 Å². The number of aliphatic carboxylic acids is 1. The number of hydrogen-bond acceptors (Lipinski definition) is 5. The number of carboxylic acids is 1. The van der Waals surface area contributed by atoms with E-state index < -0.39 is 24.5 Å². The molecular formula is C26H31F2N5O3. The summed E-state index contributed by atoms with van der Waals surface area (Å²) in [6.07, 6.45) is 9.31. The highest BCUT2D eigenvalue weighted by molar-refractivity contribution is 5.99. The van der Waals surface area contributed by atoms with Crippen molar-refractivity contribution in [1.29, 1.82) is 0 Å². The Bertz CT molecular complexity index is 1210. The van der Waals surface area contributed by atoms with Crippen LogP contribution in [0.1, 0.15) is 73.1 Å². The number of fused-ring (bicyclic) bond motifs is 2. The van der Waals surface area contributed by atoms with Crippen LogP contribution in [0.3, 0.4) is 0 Å². The van der Waals surface area contributed by atoms with Crippen LogP contribution in [0.4, 0.5) is 14.6 Å². The fraction of sp³-hybridized carbons (Fsp3) is 0.462. The predicted octanol–water partition coefficient (Wildman–Crippen LogP) is 4.95. The topological polar surface area (TPSA) is 109 Å². The smallest absolute Gasteiger partial charge is 0.333 e. The molecule has 0 saturated carbocycles. The van der Waals surface area contributed by atoms with Gasteiger partial charge >= 0.3 is 12.5 Å². The third-order valence-electron chi connectivity index (χ3n) is 6.52. The summed E-state index contributed by atoms with van der Waals surface area (Å²) in [6, 6.07) is 7.47. The number of benzene rings is 1. The van der Waals surface area contributed by atoms with Crippen molar-refractivity contribution in [2.45, 2.75) is 70.4 Å². The van der Waals surface area contributed by atoms with Crippen molar-refractivity contribution in [2.75, 3.05) is 11.9 Å². The summed E-state index contributed by atoms with van der Waals surface area (Å²) in [7, 11) is 0. The first-order valence-electron chi connectivity index (χ1n) is 12.4. The number of alkyl halides is 2. The molecule has 0 unspecified atom stereocenters. The monoisotopic (exact) mass is 499 g/mol. The third-order valence-corrected chi connectivity index (χ3v) is 6.52. The quantitative estimate of drug-likeness (QED) is 0.304. The zero-order chi connectivity index (χ0) is 25.5. The lowest BCUT2D eigenvalue weighted by molar-refractivity contribution is -0.139. The lowest BCUT2D eigenvalue weighted by Gasteiger charge is -2.17. The molecule has 0 bridgehead atoms. The van der Waals surface area contributed by atoms with Crippen molar-refractivity contribution < 1.29 is 23.5 Å². The average Bonchev–Trinajstić information content (AvgIpc) is 3.31. The van der Waals surface area contributed by atoms with Gasteiger partial charge in [-0.15, -0.1) is 0 Å². The molecule has 0 saturated heterocycles. The van der Waals surface area contributed by atoms with E-state index in [4.69, 9.17) is 4.98 Å². The van der Waals surface area contributed by atoms with Crippen LogP contribution in [0.25, 0.3) is 10.9 Å². The van der Waals surface area contributed by atoms with E-state index in [1.54, 1.807) is 0 Å². The number of amides is 1. The van der Waals surface area contributed by atoms with Crippen LogP contribution < -0.4 is 10.6 Å². The van der Waals surface area contributed by atoms with Crippen LogP contribution >= 0.6 is 0 Å². The summed E-state index contributed by atoms with van der Waals surface area (Å²) < 4.78 is 26.5. The summed E-state index contributed by atoms with van der Waals surface area (Å²) in [4.78, 5) is 29.0. The van der Waals surface area contributed by atoms with Crippen LogP contribution in [0, 0.1) is 0 Å². The molecule has 1 aliphatic rings. The number of rotatable bonds is 12. The van der Waals surface area contributed by atoms with Gasteiger partial charge in [0, 0.05) is 23.2 Å². The maximum Gasteiger partial charge on any atom is 0.333 e. The minimum absolute atomic E-state index is 0.202. The molecule has 0 radical (unpaired) electrons. The first kappa shape index (κ1) is 25.5. The zero-order valence-electron chi connectivity index (χ0n) is 20.1. The second-order valence-electron chi connectivity index (χ2n) is 9.15. The number of nitrogens with one attached hydrogen (secondary N) is 2. The molecule has 3 heterocycles. The van der Waals surface area contributed by atoms with Crippen molar-refractivity contribution in [1.82, 2.24) is 20.1 Å². The van der Waals surface area contributed by atoms with Crippen LogP contribution in [0.2, 0.25) is 0 Å². The molecule has 0 spiro atoms. The molecule has 0 fully saturated rings. The van der Waals surface area contributed by atoms with Crippen LogP contribution in [-0.4, -0.2) is 44.3 Å². The Morgan fingerprint density at radius 3 is 2.72 bits per heavy atom. The average molecular weight is 500 g/mol. The van der Waals surface area contributed by atoms with Crippen molar-refractivity contribution in [3.63, 3.8) is 0 Å². The standard InChI is InChI=1S/C26H31F2N5O3/c27-26(28)33-22-13-11-18(15-19(22)16-30-33)24(34)32-21(25(35)36)9-5-3-1-2-4-8-20-12-10-17-7-6-14-29-23(17)31-20/h10-13,15-16,21,26H,1-9,14H2,(H,29,31)(H,32,34)(H,35,36)/t21-/m0/s1. The molecule has 1 aromatic carbocycles. The Labute approximate surface area is 208 Å². The minimum atomic E-state index is -2.78. The number of carboxylic acid groups (broad SMARTS) is 1. The highest BCUT2D eigenvalue weighted by Gasteiger charge is 2.21. The number of carbonyl (C=O) groups excluding carboxylic acids is 1. The second-order valence-corrected chi connectivity index (χ2v) is 9.15. The molecule has 192 valence electrons. The molecule has 4 rings (SSSR count). The molecule has 1 aliphatic heterocycles. The zero-order valence-corrected chi connectivity index (χ0v) is 20.1. The second kappa shape index (κ2) is 11.9. The highest BCUT2D eigenvalue weighted by atomic mass is 19.3. The van der Waals surface area contributed by atoms with Crippen molar-refractivity contribution in [2.24, 2.45) is 0 Å². The Morgan fingerprint density at radius 1 is 1.11 bits per heavy atom. The van der Waals surface area contributed by atoms with E-state index in [1.807, 2.05) is 0 Å². The molecule has 1 atom stereocenters. The molecule has 3 aromatic rings. The number of hydrogen-bond donors (Lipinski definition) is 3. The number of carbonyl (C=O) groups is 2. The number of aromatic nitrogens is 3. The molecule has 1 amide bonds. The highest BCUT2D eigenvalue weighted by Crippen LogP contribution is 2.22. The van der Waals surface area contributed by atoms with E-state index in [2.05, 4.69) is 27.9 Å². The van der Waals surface area contributed by atoms with Gasteiger partial charge in [-0.1, -0.05) is 31.7 Å². The molecule has 36 heavy (non-hydrogen) atoms. The SMILES string of the molecule is O=C(N[C@@H](CCCCCCCc1ccc2c(n1)NCCC2)C(=O)O)c1ccc2c(cnn2C(F)F)c1. The van der Waals surface area contributed by atoms with Gasteiger partial charge in [0.25, 0.3) is 5.91 Å². The van der Waals surface area contributed by atoms with Gasteiger partial charge in [-0.3, -0.25) is 4.79 Å². The van der Waals surface area contributed by atoms with Crippen LogP contribution in [0.5, 0.6) is 0 Å². The Hall–Kier alpha value is -3.56. The van der Waals surface area contributed by atoms with E-state index in [0.29, 0.717) is 22.9 Å². The third kappa shape index (κ3) is 6.35. The summed E-state index contributed by atoms with van der Waals surface area (Å²) in [5.74, 6) is -0.633. The summed E-state index contributed by atoms with van der Waals surface area (Å²) in [6.45, 7) is -1.81. The maximum atomic E-state index is 13.0. The number of unbranched alkanes of at least 4 members (excludes halogenated alkanes) is 4. The van der Waals surface area contributed by atoms with Gasteiger partial charge in [0.15, 0.2) is 0 Å². The maximum absolute atomic E-state index is 13.0. The van der Waals surface area contributed by atoms with Gasteiger partial charge in [-0.05, 0) is 61.9 Å². The van der Waals surface area contributed by atoms with E-state index in [-0.39, 0.29) is 11.1 Å². The number of aryl methyl sites for hydroxylation is 2. The normalized spacial score (nSPS) is 13.9. The first-order valence-corrected chi connectivity index (χ1v) is 12.4. The first-order chi connectivity index (χ1) is 17.4. The van der Waals surface area contributed by atoms with Crippen LogP contribution in [0.15, 0.2) is 36.5 Å². The molecule has 0 aliphatic carbocycles. The molecule has 8 nitrogen and oxygen atoms in total. The lowest BCUT2D eigenvalue weighted by atomic mass is 10.0. The predicted molar refractivity (Wildman–Crippen MR) is 132 cm³/mol. The number of nitrogens with zero attached hydrogens (tertiary/aromatic N) is 3. The molecule has 2 aromatic heterocycles. The largest absolute Gasteiger partial charge is 0.480 e. The molecular weight excluding hydrogens is 468 g/mol. The molecule has 10 heteroatoms. The van der Waals surface area contributed by atoms with Gasteiger partial charge < -0.3 is 15.7 Å². The van der Waals surface area contributed by atoms with Gasteiger partial charge in [0.2, 0.25) is 0 Å². The van der Waals surface area contributed by atoms with Crippen molar-refractivity contribution in [3.8, 4) is 0 Å². The van der Waals surface area contributed by atoms with E-state index >= 15 is 0 Å². The summed E-state index contributed by atoms with van der Waals surface area (Å²) in [5.41, 5.74) is 2.79. The van der Waals surface area contributed by atoms with E-state index in [0.717, 1.165) is 63.0 Å². The summed E-state index contributed by atoms with van der Waals surface area (Å²) in [5, 5.41) is 19.4. The van der Waals surface area contributed by atoms with Crippen LogP contribution in [-0.2, 0) is 17.6 Å². The Kier molecular flexibility index (Phi) is 8.45. The molecule has 3 N–H and O–H groups in total. The van der Waals surface area contributed by atoms with Gasteiger partial charge in [-0.2, -0.15) is 13.9 Å². The number of anilines is 1. The fourth-order valence-electron chi connectivity index (χ4n) is 4.54. The van der Waals surface area contributed by atoms with Gasteiger partial charge in [-0.25, -0.2) is 14.5 Å². The fourth-order valence-corrected chi connectivity index (χ4v) is 4.54.